The first-order chi connectivity index (χ1) is 16.7. The molecule has 3 aromatic carbocycles. The van der Waals surface area contributed by atoms with Crippen LogP contribution in [0, 0.1) is 30.2 Å². The number of anilines is 1. The highest BCUT2D eigenvalue weighted by Gasteiger charge is 2.20. The lowest BCUT2D eigenvalue weighted by atomic mass is 10.1. The van der Waals surface area contributed by atoms with Crippen molar-refractivity contribution in [2.45, 2.75) is 20.1 Å². The van der Waals surface area contributed by atoms with Crippen LogP contribution in [0.5, 0.6) is 5.75 Å². The van der Waals surface area contributed by atoms with E-state index in [1.165, 1.54) is 24.3 Å². The first-order valence-corrected chi connectivity index (χ1v) is 10.7. The quantitative estimate of drug-likeness (QED) is 0.238. The molecule has 5 nitrogen and oxygen atoms in total. The number of aromatic nitrogens is 2. The van der Waals surface area contributed by atoms with E-state index in [2.05, 4.69) is 10.4 Å². The van der Waals surface area contributed by atoms with Crippen molar-refractivity contribution in [3.8, 4) is 5.75 Å². The van der Waals surface area contributed by atoms with Gasteiger partial charge in [0.1, 0.15) is 6.61 Å². The molecule has 4 aromatic rings. The summed E-state index contributed by atoms with van der Waals surface area (Å²) >= 11 is 5.91. The summed E-state index contributed by atoms with van der Waals surface area (Å²) in [5.74, 6) is -7.55. The van der Waals surface area contributed by atoms with Crippen LogP contribution in [0.15, 0.2) is 60.7 Å². The molecule has 1 heterocycles. The Morgan fingerprint density at radius 1 is 0.943 bits per heavy atom. The molecule has 180 valence electrons. The average Bonchev–Trinajstić information content (AvgIpc) is 3.17. The van der Waals surface area contributed by atoms with E-state index in [0.29, 0.717) is 28.5 Å². The molecule has 0 unspecified atom stereocenters. The number of carbonyl (C=O) groups excluding carboxylic acids is 1. The molecule has 0 fully saturated rings. The lowest BCUT2D eigenvalue weighted by Gasteiger charge is -2.10. The van der Waals surface area contributed by atoms with Gasteiger partial charge in [-0.2, -0.15) is 13.9 Å². The molecule has 0 atom stereocenters. The molecular formula is C25H18ClF4N3O2. The summed E-state index contributed by atoms with van der Waals surface area (Å²) in [5.41, 5.74) is 2.56. The molecule has 1 N–H and O–H groups in total. The van der Waals surface area contributed by atoms with Crippen LogP contribution in [0.1, 0.15) is 27.2 Å². The summed E-state index contributed by atoms with van der Waals surface area (Å²) in [6.45, 7) is 2.00. The maximum absolute atomic E-state index is 13.7. The molecule has 35 heavy (non-hydrogen) atoms. The third kappa shape index (κ3) is 5.63. The van der Waals surface area contributed by atoms with Gasteiger partial charge < -0.3 is 10.1 Å². The number of amides is 1. The van der Waals surface area contributed by atoms with Crippen molar-refractivity contribution in [1.82, 2.24) is 9.78 Å². The van der Waals surface area contributed by atoms with E-state index in [1.807, 2.05) is 19.1 Å². The van der Waals surface area contributed by atoms with E-state index in [4.69, 9.17) is 16.3 Å². The first-order valence-electron chi connectivity index (χ1n) is 10.4. The summed E-state index contributed by atoms with van der Waals surface area (Å²) in [4.78, 5) is 12.6. The molecule has 0 aliphatic rings. The van der Waals surface area contributed by atoms with Crippen LogP contribution in [0.3, 0.4) is 0 Å². The van der Waals surface area contributed by atoms with Gasteiger partial charge in [-0.05, 0) is 42.3 Å². The standard InChI is InChI=1S/C25H18ClF4N3O2/c1-14-10-21(32-33(14)12-15-4-8-18(26)9-5-15)31-25(34)17-6-2-16(3-7-17)13-35-24-22(29)19(27)11-20(28)23(24)30/h2-11H,12-13H2,1H3,(H,31,32,34). The number of halogens is 5. The third-order valence-corrected chi connectivity index (χ3v) is 5.39. The Morgan fingerprint density at radius 3 is 2.17 bits per heavy atom. The Morgan fingerprint density at radius 2 is 1.54 bits per heavy atom. The molecule has 1 aromatic heterocycles. The van der Waals surface area contributed by atoms with Crippen molar-refractivity contribution in [2.24, 2.45) is 0 Å². The molecule has 0 radical (unpaired) electrons. The van der Waals surface area contributed by atoms with E-state index >= 15 is 0 Å². The van der Waals surface area contributed by atoms with E-state index in [9.17, 15) is 22.4 Å². The molecule has 0 aliphatic heterocycles. The smallest absolute Gasteiger partial charge is 0.256 e. The SMILES string of the molecule is Cc1cc(NC(=O)c2ccc(COc3c(F)c(F)cc(F)c3F)cc2)nn1Cc1ccc(Cl)cc1. The fourth-order valence-electron chi connectivity index (χ4n) is 3.27. The van der Waals surface area contributed by atoms with Crippen molar-refractivity contribution in [1.29, 1.82) is 0 Å². The van der Waals surface area contributed by atoms with Gasteiger partial charge in [-0.15, -0.1) is 0 Å². The Kier molecular flexibility index (Phi) is 7.07. The van der Waals surface area contributed by atoms with Crippen LogP contribution < -0.4 is 10.1 Å². The van der Waals surface area contributed by atoms with Crippen molar-refractivity contribution < 1.29 is 27.1 Å². The molecule has 1 amide bonds. The van der Waals surface area contributed by atoms with Gasteiger partial charge in [0, 0.05) is 28.4 Å². The number of benzene rings is 3. The lowest BCUT2D eigenvalue weighted by Crippen LogP contribution is -2.13. The maximum atomic E-state index is 13.7. The molecule has 0 aliphatic carbocycles. The average molecular weight is 504 g/mol. The third-order valence-electron chi connectivity index (χ3n) is 5.14. The van der Waals surface area contributed by atoms with Gasteiger partial charge in [0.2, 0.25) is 11.6 Å². The van der Waals surface area contributed by atoms with Gasteiger partial charge in [0.25, 0.3) is 5.91 Å². The molecule has 4 rings (SSSR count). The Labute approximate surface area is 202 Å². The van der Waals surface area contributed by atoms with Crippen molar-refractivity contribution in [3.05, 3.63) is 111 Å². The zero-order valence-electron chi connectivity index (χ0n) is 18.3. The largest absolute Gasteiger partial charge is 0.483 e. The second-order valence-electron chi connectivity index (χ2n) is 7.69. The highest BCUT2D eigenvalue weighted by molar-refractivity contribution is 6.30. The number of hydrogen-bond acceptors (Lipinski definition) is 3. The number of nitrogens with one attached hydrogen (secondary N) is 1. The highest BCUT2D eigenvalue weighted by atomic mass is 35.5. The number of aryl methyl sites for hydroxylation is 1. The van der Waals surface area contributed by atoms with Crippen LogP contribution in [-0.4, -0.2) is 15.7 Å². The Balaban J connectivity index is 1.39. The van der Waals surface area contributed by atoms with Gasteiger partial charge in [-0.25, -0.2) is 8.78 Å². The second-order valence-corrected chi connectivity index (χ2v) is 8.13. The van der Waals surface area contributed by atoms with E-state index in [1.54, 1.807) is 22.9 Å². The summed E-state index contributed by atoms with van der Waals surface area (Å²) < 4.78 is 60.7. The summed E-state index contributed by atoms with van der Waals surface area (Å²) in [6.07, 6.45) is 0. The second kappa shape index (κ2) is 10.2. The molecule has 0 bridgehead atoms. The number of rotatable bonds is 7. The van der Waals surface area contributed by atoms with Crippen LogP contribution in [0.2, 0.25) is 5.02 Å². The van der Waals surface area contributed by atoms with Crippen LogP contribution >= 0.6 is 11.6 Å². The normalized spacial score (nSPS) is 10.9. The van der Waals surface area contributed by atoms with Crippen LogP contribution in [0.25, 0.3) is 0 Å². The zero-order valence-corrected chi connectivity index (χ0v) is 19.0. The molecule has 0 saturated carbocycles. The van der Waals surface area contributed by atoms with Gasteiger partial charge in [-0.1, -0.05) is 35.9 Å². The van der Waals surface area contributed by atoms with Crippen molar-refractivity contribution >= 4 is 23.3 Å². The van der Waals surface area contributed by atoms with E-state index < -0.39 is 34.9 Å². The predicted octanol–water partition coefficient (Wildman–Crippen LogP) is 6.28. The van der Waals surface area contributed by atoms with Gasteiger partial charge in [0.05, 0.1) is 6.54 Å². The molecular weight excluding hydrogens is 486 g/mol. The van der Waals surface area contributed by atoms with Gasteiger partial charge in [-0.3, -0.25) is 9.48 Å². The Bertz CT molecular complexity index is 1350. The van der Waals surface area contributed by atoms with Gasteiger partial charge in [0.15, 0.2) is 23.2 Å². The molecule has 10 heteroatoms. The number of nitrogens with zero attached hydrogens (tertiary/aromatic N) is 2. The summed E-state index contributed by atoms with van der Waals surface area (Å²) in [6, 6.07) is 15.1. The predicted molar refractivity (Wildman–Crippen MR) is 123 cm³/mol. The maximum Gasteiger partial charge on any atom is 0.256 e. The first kappa shape index (κ1) is 24.3. The fraction of sp³-hybridized carbons (Fsp3) is 0.120. The minimum Gasteiger partial charge on any atom is -0.483 e. The van der Waals surface area contributed by atoms with Crippen molar-refractivity contribution in [2.75, 3.05) is 5.32 Å². The van der Waals surface area contributed by atoms with Crippen molar-refractivity contribution in [3.63, 3.8) is 0 Å². The zero-order chi connectivity index (χ0) is 25.1. The van der Waals surface area contributed by atoms with E-state index in [-0.39, 0.29) is 12.7 Å². The van der Waals surface area contributed by atoms with Crippen LogP contribution in [-0.2, 0) is 13.2 Å². The van der Waals surface area contributed by atoms with Crippen LogP contribution in [0.4, 0.5) is 23.4 Å². The monoisotopic (exact) mass is 503 g/mol. The number of carbonyl (C=O) groups is 1. The number of hydrogen-bond donors (Lipinski definition) is 1. The number of ether oxygens (including phenoxy) is 1. The fourth-order valence-corrected chi connectivity index (χ4v) is 3.39. The highest BCUT2D eigenvalue weighted by Crippen LogP contribution is 2.27. The lowest BCUT2D eigenvalue weighted by molar-refractivity contribution is 0.102. The summed E-state index contributed by atoms with van der Waals surface area (Å²) in [7, 11) is 0. The van der Waals surface area contributed by atoms with E-state index in [0.717, 1.165) is 11.3 Å². The molecule has 0 saturated heterocycles. The topological polar surface area (TPSA) is 56.1 Å². The minimum absolute atomic E-state index is 0.104. The molecule has 0 spiro atoms. The summed E-state index contributed by atoms with van der Waals surface area (Å²) in [5, 5.41) is 7.75. The Hall–Kier alpha value is -3.85. The van der Waals surface area contributed by atoms with Gasteiger partial charge >= 0.3 is 0 Å². The minimum atomic E-state index is -1.62.